The van der Waals surface area contributed by atoms with Crippen molar-refractivity contribution in [1.82, 2.24) is 19.7 Å². The fraction of sp³-hybridized carbons (Fsp3) is 0.250. The average Bonchev–Trinajstić information content (AvgIpc) is 3.38. The van der Waals surface area contributed by atoms with Crippen molar-refractivity contribution in [2.45, 2.75) is 25.4 Å². The summed E-state index contributed by atoms with van der Waals surface area (Å²) in [5.41, 5.74) is 2.24. The van der Waals surface area contributed by atoms with Crippen LogP contribution >= 0.6 is 11.6 Å². The molecule has 1 saturated carbocycles. The first-order valence-electron chi connectivity index (χ1n) is 9.01. The van der Waals surface area contributed by atoms with Crippen molar-refractivity contribution in [3.8, 4) is 5.69 Å². The van der Waals surface area contributed by atoms with E-state index in [1.165, 1.54) is 18.5 Å². The van der Waals surface area contributed by atoms with Crippen LogP contribution in [0, 0.1) is 5.82 Å². The number of halogens is 2. The van der Waals surface area contributed by atoms with E-state index in [1.807, 2.05) is 0 Å². The molecule has 6 nitrogen and oxygen atoms in total. The van der Waals surface area contributed by atoms with Crippen LogP contribution < -0.4 is 5.32 Å². The summed E-state index contributed by atoms with van der Waals surface area (Å²) in [5, 5.41) is 7.57. The number of carbonyl (C=O) groups is 1. The van der Waals surface area contributed by atoms with Crippen LogP contribution in [0.4, 0.5) is 10.1 Å². The Morgan fingerprint density at radius 1 is 1.25 bits per heavy atom. The fourth-order valence-electron chi connectivity index (χ4n) is 3.09. The molecule has 1 aromatic heterocycles. The third-order valence-electron chi connectivity index (χ3n) is 4.61. The maximum atomic E-state index is 13.1. The predicted octanol–water partition coefficient (Wildman–Crippen LogP) is 3.66. The average molecular weight is 400 g/mol. The van der Waals surface area contributed by atoms with Crippen molar-refractivity contribution >= 4 is 23.2 Å². The van der Waals surface area contributed by atoms with Crippen LogP contribution in [0.2, 0.25) is 5.02 Å². The van der Waals surface area contributed by atoms with Crippen LogP contribution in [0.3, 0.4) is 0 Å². The van der Waals surface area contributed by atoms with Gasteiger partial charge in [0.1, 0.15) is 18.5 Å². The summed E-state index contributed by atoms with van der Waals surface area (Å²) in [6.45, 7) is 0.842. The fourth-order valence-corrected chi connectivity index (χ4v) is 3.27. The minimum atomic E-state index is -0.263. The largest absolute Gasteiger partial charge is 0.323 e. The van der Waals surface area contributed by atoms with E-state index in [0.717, 1.165) is 18.4 Å². The Morgan fingerprint density at radius 3 is 2.71 bits per heavy atom. The zero-order valence-electron chi connectivity index (χ0n) is 15.1. The van der Waals surface area contributed by atoms with Gasteiger partial charge in [-0.05, 0) is 48.7 Å². The summed E-state index contributed by atoms with van der Waals surface area (Å²) in [5.74, 6) is -0.404. The molecule has 0 radical (unpaired) electrons. The lowest BCUT2D eigenvalue weighted by Crippen LogP contribution is -2.34. The van der Waals surface area contributed by atoms with Gasteiger partial charge < -0.3 is 5.32 Å². The molecular weight excluding hydrogens is 381 g/mol. The molecule has 0 spiro atoms. The third-order valence-corrected chi connectivity index (χ3v) is 4.84. The Bertz CT molecular complexity index is 957. The standard InChI is InChI=1S/C20H19ClFN5O/c21-15-3-8-19(27-13-23-12-24-27)18(9-15)25-20(28)11-26(17-6-7-17)10-14-1-4-16(22)5-2-14/h1-5,8-9,12-13,17H,6-7,10-11H2,(H,25,28). The lowest BCUT2D eigenvalue weighted by atomic mass is 10.2. The van der Waals surface area contributed by atoms with Crippen molar-refractivity contribution in [2.24, 2.45) is 0 Å². The van der Waals surface area contributed by atoms with Crippen LogP contribution in [0.1, 0.15) is 18.4 Å². The van der Waals surface area contributed by atoms with E-state index in [9.17, 15) is 9.18 Å². The van der Waals surface area contributed by atoms with Crippen molar-refractivity contribution in [3.05, 3.63) is 71.5 Å². The van der Waals surface area contributed by atoms with E-state index in [4.69, 9.17) is 11.6 Å². The highest BCUT2D eigenvalue weighted by molar-refractivity contribution is 6.31. The van der Waals surface area contributed by atoms with E-state index in [0.29, 0.717) is 29.0 Å². The van der Waals surface area contributed by atoms with Crippen LogP contribution in [0.15, 0.2) is 55.1 Å². The van der Waals surface area contributed by atoms with Gasteiger partial charge in [-0.15, -0.1) is 0 Å². The highest BCUT2D eigenvalue weighted by atomic mass is 35.5. The van der Waals surface area contributed by atoms with E-state index >= 15 is 0 Å². The molecule has 1 fully saturated rings. The topological polar surface area (TPSA) is 63.1 Å². The second-order valence-corrected chi connectivity index (χ2v) is 7.25. The minimum absolute atomic E-state index is 0.141. The number of anilines is 1. The summed E-state index contributed by atoms with van der Waals surface area (Å²) < 4.78 is 14.7. The number of hydrogen-bond acceptors (Lipinski definition) is 4. The maximum Gasteiger partial charge on any atom is 0.238 e. The number of aromatic nitrogens is 3. The van der Waals surface area contributed by atoms with Gasteiger partial charge in [-0.25, -0.2) is 14.1 Å². The minimum Gasteiger partial charge on any atom is -0.323 e. The SMILES string of the molecule is O=C(CN(Cc1ccc(F)cc1)C1CC1)Nc1cc(Cl)ccc1-n1cncn1. The number of nitrogens with one attached hydrogen (secondary N) is 1. The quantitative estimate of drug-likeness (QED) is 0.658. The Kier molecular flexibility index (Phi) is 5.36. The molecule has 1 amide bonds. The highest BCUT2D eigenvalue weighted by Gasteiger charge is 2.30. The van der Waals surface area contributed by atoms with E-state index in [2.05, 4.69) is 20.3 Å². The summed E-state index contributed by atoms with van der Waals surface area (Å²) in [4.78, 5) is 18.8. The Balaban J connectivity index is 1.47. The van der Waals surface area contributed by atoms with Crippen LogP contribution in [0.5, 0.6) is 0 Å². The lowest BCUT2D eigenvalue weighted by molar-refractivity contribution is -0.117. The summed E-state index contributed by atoms with van der Waals surface area (Å²) in [6.07, 6.45) is 5.12. The molecule has 3 aromatic rings. The molecule has 4 rings (SSSR count). The third kappa shape index (κ3) is 4.55. The molecule has 0 saturated heterocycles. The second kappa shape index (κ2) is 8.08. The van der Waals surface area contributed by atoms with Crippen LogP contribution in [-0.4, -0.2) is 38.2 Å². The maximum absolute atomic E-state index is 13.1. The van der Waals surface area contributed by atoms with E-state index < -0.39 is 0 Å². The molecule has 8 heteroatoms. The zero-order valence-corrected chi connectivity index (χ0v) is 15.8. The van der Waals surface area contributed by atoms with Crippen LogP contribution in [0.25, 0.3) is 5.69 Å². The summed E-state index contributed by atoms with van der Waals surface area (Å²) in [7, 11) is 0. The molecule has 1 N–H and O–H groups in total. The van der Waals surface area contributed by atoms with Gasteiger partial charge in [-0.2, -0.15) is 5.10 Å². The molecule has 1 aliphatic rings. The van der Waals surface area contributed by atoms with Crippen LogP contribution in [-0.2, 0) is 11.3 Å². The number of hydrogen-bond donors (Lipinski definition) is 1. The zero-order chi connectivity index (χ0) is 19.5. The van der Waals surface area contributed by atoms with Crippen molar-refractivity contribution < 1.29 is 9.18 Å². The normalized spacial score (nSPS) is 13.7. The Morgan fingerprint density at radius 2 is 2.04 bits per heavy atom. The molecule has 1 aliphatic carbocycles. The van der Waals surface area contributed by atoms with E-state index in [-0.39, 0.29) is 18.3 Å². The number of benzene rings is 2. The molecule has 144 valence electrons. The van der Waals surface area contributed by atoms with Crippen molar-refractivity contribution in [3.63, 3.8) is 0 Å². The van der Waals surface area contributed by atoms with Gasteiger partial charge in [0.25, 0.3) is 0 Å². The molecule has 2 aromatic carbocycles. The Labute approximate surface area is 166 Å². The van der Waals surface area contributed by atoms with Gasteiger partial charge in [0, 0.05) is 17.6 Å². The predicted molar refractivity (Wildman–Crippen MR) is 105 cm³/mol. The number of carbonyl (C=O) groups excluding carboxylic acids is 1. The monoisotopic (exact) mass is 399 g/mol. The van der Waals surface area contributed by atoms with Gasteiger partial charge in [-0.1, -0.05) is 23.7 Å². The number of rotatable bonds is 7. The lowest BCUT2D eigenvalue weighted by Gasteiger charge is -2.22. The molecule has 1 heterocycles. The van der Waals surface area contributed by atoms with Gasteiger partial charge in [0.2, 0.25) is 5.91 Å². The first-order valence-corrected chi connectivity index (χ1v) is 9.39. The van der Waals surface area contributed by atoms with Gasteiger partial charge in [-0.3, -0.25) is 9.69 Å². The van der Waals surface area contributed by atoms with Crippen molar-refractivity contribution in [2.75, 3.05) is 11.9 Å². The molecule has 0 bridgehead atoms. The number of nitrogens with zero attached hydrogens (tertiary/aromatic N) is 4. The molecule has 0 unspecified atom stereocenters. The smallest absolute Gasteiger partial charge is 0.238 e. The first kappa shape index (κ1) is 18.6. The van der Waals surface area contributed by atoms with E-state index in [1.54, 1.807) is 41.3 Å². The van der Waals surface area contributed by atoms with Gasteiger partial charge >= 0.3 is 0 Å². The Hall–Kier alpha value is -2.77. The molecule has 0 aliphatic heterocycles. The summed E-state index contributed by atoms with van der Waals surface area (Å²) in [6, 6.07) is 12.0. The summed E-state index contributed by atoms with van der Waals surface area (Å²) >= 11 is 6.11. The van der Waals surface area contributed by atoms with Crippen molar-refractivity contribution in [1.29, 1.82) is 0 Å². The number of amides is 1. The molecule has 28 heavy (non-hydrogen) atoms. The molecule has 0 atom stereocenters. The second-order valence-electron chi connectivity index (χ2n) is 6.81. The van der Waals surface area contributed by atoms with Gasteiger partial charge in [0.15, 0.2) is 0 Å². The highest BCUT2D eigenvalue weighted by Crippen LogP contribution is 2.29. The van der Waals surface area contributed by atoms with Gasteiger partial charge in [0.05, 0.1) is 17.9 Å². The first-order chi connectivity index (χ1) is 13.6. The molecular formula is C20H19ClFN5O.